The first kappa shape index (κ1) is 10.9. The van der Waals surface area contributed by atoms with Crippen molar-refractivity contribution in [1.82, 2.24) is 9.97 Å². The van der Waals surface area contributed by atoms with E-state index in [1.54, 1.807) is 17.7 Å². The zero-order valence-corrected chi connectivity index (χ0v) is 10.7. The second-order valence-electron chi connectivity index (χ2n) is 4.86. The average molecular weight is 248 g/mol. The summed E-state index contributed by atoms with van der Waals surface area (Å²) in [6.45, 7) is 3.78. The maximum Gasteiger partial charge on any atom is 0.138 e. The average Bonchev–Trinajstić information content (AvgIpc) is 3.01. The molecule has 0 bridgehead atoms. The molecular weight excluding hydrogens is 232 g/mol. The Balaban J connectivity index is 1.85. The van der Waals surface area contributed by atoms with E-state index >= 15 is 0 Å². The van der Waals surface area contributed by atoms with Crippen LogP contribution in [0.2, 0.25) is 0 Å². The third kappa shape index (κ3) is 2.00. The third-order valence-electron chi connectivity index (χ3n) is 3.47. The van der Waals surface area contributed by atoms with Crippen molar-refractivity contribution >= 4 is 27.4 Å². The highest BCUT2D eigenvalue weighted by atomic mass is 32.1. The van der Waals surface area contributed by atoms with Crippen LogP contribution in [-0.2, 0) is 0 Å². The monoisotopic (exact) mass is 248 g/mol. The molecule has 1 saturated carbocycles. The summed E-state index contributed by atoms with van der Waals surface area (Å²) < 4.78 is 0. The molecule has 5 heteroatoms. The molecular formula is C12H16N4S. The highest BCUT2D eigenvalue weighted by molar-refractivity contribution is 7.18. The molecule has 0 aromatic carbocycles. The summed E-state index contributed by atoms with van der Waals surface area (Å²) in [5.74, 6) is 0.944. The lowest BCUT2D eigenvalue weighted by Gasteiger charge is -2.13. The van der Waals surface area contributed by atoms with Crippen molar-refractivity contribution in [3.8, 4) is 0 Å². The Hall–Kier alpha value is -1.20. The van der Waals surface area contributed by atoms with Gasteiger partial charge in [-0.1, -0.05) is 0 Å². The molecule has 0 saturated heterocycles. The maximum absolute atomic E-state index is 5.78. The first-order chi connectivity index (χ1) is 8.22. The van der Waals surface area contributed by atoms with E-state index in [-0.39, 0.29) is 0 Å². The van der Waals surface area contributed by atoms with Crippen LogP contribution in [0.25, 0.3) is 10.2 Å². The Labute approximate surface area is 104 Å². The minimum Gasteiger partial charge on any atom is -0.369 e. The van der Waals surface area contributed by atoms with Crippen molar-refractivity contribution in [2.24, 2.45) is 11.1 Å². The molecule has 90 valence electrons. The van der Waals surface area contributed by atoms with Gasteiger partial charge in [-0.15, -0.1) is 11.3 Å². The summed E-state index contributed by atoms with van der Waals surface area (Å²) in [4.78, 5) is 10.9. The maximum atomic E-state index is 5.78. The van der Waals surface area contributed by atoms with E-state index < -0.39 is 0 Å². The number of hydrogen-bond acceptors (Lipinski definition) is 5. The lowest BCUT2D eigenvalue weighted by atomic mass is 10.1. The molecule has 2 aromatic rings. The van der Waals surface area contributed by atoms with Gasteiger partial charge < -0.3 is 11.1 Å². The topological polar surface area (TPSA) is 63.8 Å². The lowest BCUT2D eigenvalue weighted by molar-refractivity contribution is 0.555. The molecule has 0 amide bonds. The van der Waals surface area contributed by atoms with Gasteiger partial charge in [-0.3, -0.25) is 0 Å². The summed E-state index contributed by atoms with van der Waals surface area (Å²) in [6.07, 6.45) is 4.09. The van der Waals surface area contributed by atoms with Gasteiger partial charge in [0.1, 0.15) is 17.0 Å². The highest BCUT2D eigenvalue weighted by Crippen LogP contribution is 2.44. The Morgan fingerprint density at radius 1 is 1.47 bits per heavy atom. The Kier molecular flexibility index (Phi) is 2.52. The summed E-state index contributed by atoms with van der Waals surface area (Å²) in [5, 5.41) is 4.56. The summed E-state index contributed by atoms with van der Waals surface area (Å²) in [7, 11) is 0. The number of nitrogens with two attached hydrogens (primary N) is 1. The quantitative estimate of drug-likeness (QED) is 0.870. The van der Waals surface area contributed by atoms with Gasteiger partial charge in [0.2, 0.25) is 0 Å². The molecule has 3 N–H and O–H groups in total. The van der Waals surface area contributed by atoms with Crippen LogP contribution in [0.15, 0.2) is 12.4 Å². The Bertz CT molecular complexity index is 544. The normalized spacial score (nSPS) is 17.3. The number of nitrogens with zero attached hydrogens (tertiary/aromatic N) is 2. The predicted molar refractivity (Wildman–Crippen MR) is 71.4 cm³/mol. The smallest absolute Gasteiger partial charge is 0.138 e. The van der Waals surface area contributed by atoms with Crippen LogP contribution in [-0.4, -0.2) is 23.1 Å². The molecule has 4 nitrogen and oxygen atoms in total. The second-order valence-corrected chi connectivity index (χ2v) is 6.09. The molecule has 2 heterocycles. The fourth-order valence-corrected chi connectivity index (χ4v) is 2.87. The van der Waals surface area contributed by atoms with E-state index in [1.165, 1.54) is 17.7 Å². The van der Waals surface area contributed by atoms with Gasteiger partial charge in [-0.2, -0.15) is 0 Å². The van der Waals surface area contributed by atoms with Gasteiger partial charge in [0, 0.05) is 11.4 Å². The van der Waals surface area contributed by atoms with Crippen LogP contribution in [0.4, 0.5) is 5.82 Å². The van der Waals surface area contributed by atoms with Crippen LogP contribution in [0.3, 0.4) is 0 Å². The van der Waals surface area contributed by atoms with Crippen molar-refractivity contribution in [2.75, 3.05) is 18.4 Å². The Morgan fingerprint density at radius 3 is 3.00 bits per heavy atom. The van der Waals surface area contributed by atoms with E-state index in [0.29, 0.717) is 5.41 Å². The second kappa shape index (κ2) is 3.92. The standard InChI is InChI=1S/C12H16N4S/c1-8-4-9-10(15-7-16-11(9)17-8)14-6-12(5-13)2-3-12/h4,7H,2-3,5-6,13H2,1H3,(H,14,15,16). The lowest BCUT2D eigenvalue weighted by Crippen LogP contribution is -2.24. The van der Waals surface area contributed by atoms with Crippen molar-refractivity contribution in [1.29, 1.82) is 0 Å². The minimum atomic E-state index is 0.322. The van der Waals surface area contributed by atoms with Crippen molar-refractivity contribution in [2.45, 2.75) is 19.8 Å². The van der Waals surface area contributed by atoms with E-state index in [1.807, 2.05) is 0 Å². The van der Waals surface area contributed by atoms with Crippen LogP contribution in [0, 0.1) is 12.3 Å². The predicted octanol–water partition coefficient (Wildman–Crippen LogP) is 2.15. The van der Waals surface area contributed by atoms with Gasteiger partial charge >= 0.3 is 0 Å². The van der Waals surface area contributed by atoms with E-state index in [9.17, 15) is 0 Å². The van der Waals surface area contributed by atoms with Crippen molar-refractivity contribution < 1.29 is 0 Å². The molecule has 0 atom stereocenters. The summed E-state index contributed by atoms with van der Waals surface area (Å²) in [6, 6.07) is 2.14. The zero-order valence-electron chi connectivity index (χ0n) is 9.86. The van der Waals surface area contributed by atoms with E-state index in [0.717, 1.165) is 29.1 Å². The molecule has 1 aliphatic carbocycles. The van der Waals surface area contributed by atoms with E-state index in [2.05, 4.69) is 28.3 Å². The van der Waals surface area contributed by atoms with E-state index in [4.69, 9.17) is 5.73 Å². The fraction of sp³-hybridized carbons (Fsp3) is 0.500. The summed E-state index contributed by atoms with van der Waals surface area (Å²) >= 11 is 1.71. The molecule has 0 unspecified atom stereocenters. The zero-order chi connectivity index (χ0) is 11.9. The fourth-order valence-electron chi connectivity index (χ4n) is 2.02. The van der Waals surface area contributed by atoms with Crippen molar-refractivity contribution in [3.63, 3.8) is 0 Å². The Morgan fingerprint density at radius 2 is 2.29 bits per heavy atom. The molecule has 0 aliphatic heterocycles. The van der Waals surface area contributed by atoms with Gasteiger partial charge in [0.05, 0.1) is 5.39 Å². The first-order valence-electron chi connectivity index (χ1n) is 5.88. The SMILES string of the molecule is Cc1cc2c(NCC3(CN)CC3)ncnc2s1. The highest BCUT2D eigenvalue weighted by Gasteiger charge is 2.40. The number of hydrogen-bond donors (Lipinski definition) is 2. The van der Waals surface area contributed by atoms with Crippen LogP contribution in [0.5, 0.6) is 0 Å². The number of nitrogens with one attached hydrogen (secondary N) is 1. The van der Waals surface area contributed by atoms with Crippen LogP contribution in [0.1, 0.15) is 17.7 Å². The van der Waals surface area contributed by atoms with Crippen molar-refractivity contribution in [3.05, 3.63) is 17.3 Å². The number of aryl methyl sites for hydroxylation is 1. The third-order valence-corrected chi connectivity index (χ3v) is 4.43. The molecule has 17 heavy (non-hydrogen) atoms. The number of rotatable bonds is 4. The number of fused-ring (bicyclic) bond motifs is 1. The molecule has 1 fully saturated rings. The van der Waals surface area contributed by atoms with Gasteiger partial charge in [-0.05, 0) is 37.8 Å². The molecule has 0 radical (unpaired) electrons. The number of anilines is 1. The molecule has 1 aliphatic rings. The van der Waals surface area contributed by atoms with Gasteiger partial charge in [0.15, 0.2) is 0 Å². The first-order valence-corrected chi connectivity index (χ1v) is 6.69. The molecule has 3 rings (SSSR count). The minimum absolute atomic E-state index is 0.322. The van der Waals surface area contributed by atoms with Crippen LogP contribution < -0.4 is 11.1 Å². The van der Waals surface area contributed by atoms with Crippen LogP contribution >= 0.6 is 11.3 Å². The number of thiophene rings is 1. The molecule has 0 spiro atoms. The molecule has 2 aromatic heterocycles. The summed E-state index contributed by atoms with van der Waals surface area (Å²) in [5.41, 5.74) is 6.10. The largest absolute Gasteiger partial charge is 0.369 e. The van der Waals surface area contributed by atoms with Gasteiger partial charge in [-0.25, -0.2) is 9.97 Å². The van der Waals surface area contributed by atoms with Gasteiger partial charge in [0.25, 0.3) is 0 Å². The number of aromatic nitrogens is 2.